The Labute approximate surface area is 148 Å². The van der Waals surface area contributed by atoms with Gasteiger partial charge < -0.3 is 19.0 Å². The van der Waals surface area contributed by atoms with Crippen molar-refractivity contribution in [1.29, 1.82) is 0 Å². The summed E-state index contributed by atoms with van der Waals surface area (Å²) in [4.78, 5) is 28.8. The van der Waals surface area contributed by atoms with Crippen LogP contribution in [0.2, 0.25) is 0 Å². The second-order valence-corrected chi connectivity index (χ2v) is 7.67. The van der Waals surface area contributed by atoms with Crippen LogP contribution in [0.25, 0.3) is 0 Å². The highest BCUT2D eigenvalue weighted by Crippen LogP contribution is 2.37. The van der Waals surface area contributed by atoms with Crippen molar-refractivity contribution in [2.24, 2.45) is 0 Å². The fourth-order valence-corrected chi connectivity index (χ4v) is 4.64. The molecule has 4 rings (SSSR count). The fourth-order valence-electron chi connectivity index (χ4n) is 4.64. The molecule has 1 aromatic heterocycles. The van der Waals surface area contributed by atoms with E-state index in [2.05, 4.69) is 0 Å². The standard InChI is InChI=1S/C19H26N2O4/c1-13-10-16(14(2)25-13)18(23)20-8-6-19(12-20)11-15(5-9-24-19)21-7-3-4-17(21)22/h10,15H,3-9,11-12H2,1-2H3/t15-,19-/m0/s1. The SMILES string of the molecule is Cc1cc(C(=O)N2CC[C@]3(C[C@@H](N4CCCC4=O)CCO3)C2)c(C)o1. The molecule has 136 valence electrons. The number of ether oxygens (including phenoxy) is 1. The normalized spacial score (nSPS) is 29.8. The highest BCUT2D eigenvalue weighted by atomic mass is 16.5. The van der Waals surface area contributed by atoms with E-state index in [9.17, 15) is 9.59 Å². The molecule has 1 spiro atoms. The van der Waals surface area contributed by atoms with E-state index in [1.165, 1.54) is 0 Å². The largest absolute Gasteiger partial charge is 0.466 e. The predicted molar refractivity (Wildman–Crippen MR) is 91.4 cm³/mol. The van der Waals surface area contributed by atoms with Crippen LogP contribution in [-0.4, -0.2) is 59.5 Å². The quantitative estimate of drug-likeness (QED) is 0.824. The summed E-state index contributed by atoms with van der Waals surface area (Å²) >= 11 is 0. The Kier molecular flexibility index (Phi) is 4.10. The molecule has 0 aromatic carbocycles. The Morgan fingerprint density at radius 2 is 2.16 bits per heavy atom. The lowest BCUT2D eigenvalue weighted by Gasteiger charge is -2.41. The van der Waals surface area contributed by atoms with Crippen LogP contribution in [0.15, 0.2) is 10.5 Å². The molecule has 2 atom stereocenters. The van der Waals surface area contributed by atoms with Gasteiger partial charge in [-0.3, -0.25) is 9.59 Å². The molecule has 3 aliphatic heterocycles. The van der Waals surface area contributed by atoms with E-state index in [1.54, 1.807) is 0 Å². The first kappa shape index (κ1) is 16.6. The lowest BCUT2D eigenvalue weighted by molar-refractivity contribution is -0.137. The molecule has 0 bridgehead atoms. The van der Waals surface area contributed by atoms with Crippen molar-refractivity contribution in [1.82, 2.24) is 9.80 Å². The lowest BCUT2D eigenvalue weighted by atomic mass is 9.89. The smallest absolute Gasteiger partial charge is 0.257 e. The molecule has 0 N–H and O–H groups in total. The van der Waals surface area contributed by atoms with Gasteiger partial charge in [0.15, 0.2) is 0 Å². The van der Waals surface area contributed by atoms with E-state index in [4.69, 9.17) is 9.15 Å². The van der Waals surface area contributed by atoms with E-state index >= 15 is 0 Å². The van der Waals surface area contributed by atoms with Gasteiger partial charge in [0.2, 0.25) is 5.91 Å². The molecule has 2 amide bonds. The van der Waals surface area contributed by atoms with E-state index in [-0.39, 0.29) is 23.5 Å². The molecular formula is C19H26N2O4. The van der Waals surface area contributed by atoms with E-state index in [1.807, 2.05) is 29.7 Å². The van der Waals surface area contributed by atoms with Gasteiger partial charge in [-0.2, -0.15) is 0 Å². The van der Waals surface area contributed by atoms with Crippen LogP contribution in [0.1, 0.15) is 54.0 Å². The number of furan rings is 1. The maximum absolute atomic E-state index is 12.8. The molecule has 3 fully saturated rings. The first-order chi connectivity index (χ1) is 12.0. The van der Waals surface area contributed by atoms with Crippen molar-refractivity contribution in [2.45, 2.75) is 57.6 Å². The summed E-state index contributed by atoms with van der Waals surface area (Å²) in [7, 11) is 0. The van der Waals surface area contributed by atoms with E-state index in [0.29, 0.717) is 37.4 Å². The number of hydrogen-bond donors (Lipinski definition) is 0. The van der Waals surface area contributed by atoms with Crippen LogP contribution in [0.5, 0.6) is 0 Å². The van der Waals surface area contributed by atoms with E-state index in [0.717, 1.165) is 38.0 Å². The number of nitrogens with zero attached hydrogens (tertiary/aromatic N) is 2. The predicted octanol–water partition coefficient (Wildman–Crippen LogP) is 2.28. The first-order valence-electron chi connectivity index (χ1n) is 9.27. The highest BCUT2D eigenvalue weighted by molar-refractivity contribution is 5.95. The molecule has 0 unspecified atom stereocenters. The average molecular weight is 346 g/mol. The zero-order valence-corrected chi connectivity index (χ0v) is 15.0. The second kappa shape index (κ2) is 6.16. The first-order valence-corrected chi connectivity index (χ1v) is 9.27. The maximum Gasteiger partial charge on any atom is 0.257 e. The minimum absolute atomic E-state index is 0.0224. The number of hydrogen-bond acceptors (Lipinski definition) is 4. The van der Waals surface area contributed by atoms with Crippen molar-refractivity contribution < 1.29 is 18.7 Å². The minimum Gasteiger partial charge on any atom is -0.466 e. The summed E-state index contributed by atoms with van der Waals surface area (Å²) in [5, 5.41) is 0. The Bertz CT molecular complexity index is 698. The van der Waals surface area contributed by atoms with Crippen LogP contribution in [0.3, 0.4) is 0 Å². The fraction of sp³-hybridized carbons (Fsp3) is 0.684. The number of aryl methyl sites for hydroxylation is 2. The summed E-state index contributed by atoms with van der Waals surface area (Å²) in [6, 6.07) is 2.08. The number of amides is 2. The molecule has 4 heterocycles. The molecule has 1 aromatic rings. The molecule has 3 aliphatic rings. The molecular weight excluding hydrogens is 320 g/mol. The van der Waals surface area contributed by atoms with Crippen molar-refractivity contribution in [3.63, 3.8) is 0 Å². The van der Waals surface area contributed by atoms with Crippen molar-refractivity contribution >= 4 is 11.8 Å². The third-order valence-electron chi connectivity index (χ3n) is 5.89. The lowest BCUT2D eigenvalue weighted by Crippen LogP contribution is -2.50. The molecule has 0 radical (unpaired) electrons. The van der Waals surface area contributed by atoms with Gasteiger partial charge in [-0.1, -0.05) is 0 Å². The third kappa shape index (κ3) is 2.97. The average Bonchev–Trinajstić information content (AvgIpc) is 3.27. The Hall–Kier alpha value is -1.82. The minimum atomic E-state index is -0.297. The molecule has 3 saturated heterocycles. The van der Waals surface area contributed by atoms with Gasteiger partial charge in [0.1, 0.15) is 11.5 Å². The van der Waals surface area contributed by atoms with Crippen molar-refractivity contribution in [3.05, 3.63) is 23.2 Å². The summed E-state index contributed by atoms with van der Waals surface area (Å²) in [6.07, 6.45) is 4.22. The zero-order chi connectivity index (χ0) is 17.6. The topological polar surface area (TPSA) is 63.0 Å². The van der Waals surface area contributed by atoms with Crippen LogP contribution >= 0.6 is 0 Å². The zero-order valence-electron chi connectivity index (χ0n) is 15.0. The molecule has 6 heteroatoms. The number of likely N-dealkylation sites (tertiary alicyclic amines) is 2. The summed E-state index contributed by atoms with van der Waals surface area (Å²) < 4.78 is 11.7. The van der Waals surface area contributed by atoms with Crippen molar-refractivity contribution in [2.75, 3.05) is 26.2 Å². The van der Waals surface area contributed by atoms with Gasteiger partial charge >= 0.3 is 0 Å². The van der Waals surface area contributed by atoms with Crippen LogP contribution in [0, 0.1) is 13.8 Å². The van der Waals surface area contributed by atoms with Gasteiger partial charge in [0, 0.05) is 32.2 Å². The maximum atomic E-state index is 12.8. The number of carbonyl (C=O) groups is 2. The van der Waals surface area contributed by atoms with Crippen LogP contribution < -0.4 is 0 Å². The monoisotopic (exact) mass is 346 g/mol. The van der Waals surface area contributed by atoms with Crippen LogP contribution in [0.4, 0.5) is 0 Å². The molecule has 6 nitrogen and oxygen atoms in total. The molecule has 25 heavy (non-hydrogen) atoms. The van der Waals surface area contributed by atoms with Gasteiger partial charge in [-0.25, -0.2) is 0 Å². The van der Waals surface area contributed by atoms with E-state index < -0.39 is 0 Å². The Morgan fingerprint density at radius 1 is 1.32 bits per heavy atom. The Balaban J connectivity index is 1.46. The third-order valence-corrected chi connectivity index (χ3v) is 5.89. The highest BCUT2D eigenvalue weighted by Gasteiger charge is 2.47. The van der Waals surface area contributed by atoms with Crippen molar-refractivity contribution in [3.8, 4) is 0 Å². The van der Waals surface area contributed by atoms with Crippen LogP contribution in [-0.2, 0) is 9.53 Å². The Morgan fingerprint density at radius 3 is 2.84 bits per heavy atom. The van der Waals surface area contributed by atoms with Gasteiger partial charge in [0.25, 0.3) is 5.91 Å². The molecule has 0 saturated carbocycles. The number of carbonyl (C=O) groups excluding carboxylic acids is 2. The van der Waals surface area contributed by atoms with Gasteiger partial charge in [-0.05, 0) is 45.6 Å². The summed E-state index contributed by atoms with van der Waals surface area (Å²) in [6.45, 7) is 6.53. The molecule has 0 aliphatic carbocycles. The second-order valence-electron chi connectivity index (χ2n) is 7.67. The summed E-state index contributed by atoms with van der Waals surface area (Å²) in [5.74, 6) is 1.73. The van der Waals surface area contributed by atoms with Gasteiger partial charge in [-0.15, -0.1) is 0 Å². The number of rotatable bonds is 2. The summed E-state index contributed by atoms with van der Waals surface area (Å²) in [5.41, 5.74) is 0.352. The van der Waals surface area contributed by atoms with Gasteiger partial charge in [0.05, 0.1) is 17.7 Å².